The number of benzene rings is 2. The van der Waals surface area contributed by atoms with Crippen molar-refractivity contribution in [1.29, 1.82) is 0 Å². The molecule has 3 aliphatic rings. The first-order valence-electron chi connectivity index (χ1n) is 33.7. The van der Waals surface area contributed by atoms with Crippen molar-refractivity contribution in [3.63, 3.8) is 0 Å². The average Bonchev–Trinajstić information content (AvgIpc) is 1.65. The Labute approximate surface area is 608 Å². The molecule has 0 radical (unpaired) electrons. The second-order valence-corrected chi connectivity index (χ2v) is 32.2. The summed E-state index contributed by atoms with van der Waals surface area (Å²) in [5.41, 5.74) is 2.73. The Morgan fingerprint density at radius 3 is 1.99 bits per heavy atom. The van der Waals surface area contributed by atoms with Gasteiger partial charge in [0, 0.05) is 86.0 Å². The third kappa shape index (κ3) is 22.2. The SMILES string of the molecule is C=C1C[C@H]2C(O)N(C(=O)OCc3ccc(O[C@@H]4O[C@H](C(=O)OC)[C@@H](OC(C)=O)[C@H](OC(C)=O)[C@H]4OC(C)=O)c(C(=O)NCCOCCONC(=O)OC(C)(C)C)c3)c3cc(OCCCC(=O)Nc4cc(C(=O)Nc5cc(C(=O)NCCCO[Si](C)(C)C(C)(C)C)n(C)c5)n(C)c4)c(OC)cc3C(=O)N2C1. The number of methoxy groups -OCH3 is 2. The molecule has 2 saturated heterocycles. The van der Waals surface area contributed by atoms with E-state index in [4.69, 9.17) is 61.4 Å². The highest BCUT2D eigenvalue weighted by molar-refractivity contribution is 6.74. The summed E-state index contributed by atoms with van der Waals surface area (Å²) in [5, 5.41) is 23.4. The Hall–Kier alpha value is -10.1. The molecule has 2 aromatic heterocycles. The minimum Gasteiger partial charge on any atom is -0.493 e. The average molecular weight is 1490 g/mol. The molecule has 7 rings (SSSR count). The molecule has 6 N–H and O–H groups in total. The number of aryl methyl sites for hydroxylation is 2. The van der Waals surface area contributed by atoms with Gasteiger partial charge in [-0.15, -0.1) is 0 Å². The van der Waals surface area contributed by atoms with Gasteiger partial charge in [0.05, 0.1) is 74.9 Å². The Bertz CT molecular complexity index is 3880. The number of amides is 7. The lowest BCUT2D eigenvalue weighted by molar-refractivity contribution is -0.282. The van der Waals surface area contributed by atoms with Crippen LogP contribution in [0, 0.1) is 0 Å². The van der Waals surface area contributed by atoms with Gasteiger partial charge in [-0.3, -0.25) is 43.2 Å². The minimum atomic E-state index is -1.93. The molecule has 7 amide bonds. The number of carbonyl (C=O) groups is 11. The monoisotopic (exact) mass is 1490 g/mol. The summed E-state index contributed by atoms with van der Waals surface area (Å²) < 4.78 is 71.3. The van der Waals surface area contributed by atoms with Crippen LogP contribution in [0.3, 0.4) is 0 Å². The first kappa shape index (κ1) is 82.2. The van der Waals surface area contributed by atoms with Crippen LogP contribution < -0.4 is 45.9 Å². The number of hydrogen-bond donors (Lipinski definition) is 6. The van der Waals surface area contributed by atoms with E-state index in [1.54, 1.807) is 57.9 Å². The van der Waals surface area contributed by atoms with E-state index in [1.165, 1.54) is 53.0 Å². The topological polar surface area (TPSA) is 404 Å². The third-order valence-electron chi connectivity index (χ3n) is 17.0. The second-order valence-electron chi connectivity index (χ2n) is 27.4. The van der Waals surface area contributed by atoms with Gasteiger partial charge in [-0.1, -0.05) is 39.0 Å². The number of carbonyl (C=O) groups excluding carboxylic acids is 11. The van der Waals surface area contributed by atoms with Crippen molar-refractivity contribution >= 4 is 91.0 Å². The summed E-state index contributed by atoms with van der Waals surface area (Å²) >= 11 is 0. The summed E-state index contributed by atoms with van der Waals surface area (Å²) in [4.78, 5) is 154. The Morgan fingerprint density at radius 2 is 1.35 bits per heavy atom. The number of hydrogen-bond acceptors (Lipinski definition) is 25. The molecule has 2 fully saturated rings. The quantitative estimate of drug-likeness (QED) is 0.00829. The first-order chi connectivity index (χ1) is 49.4. The van der Waals surface area contributed by atoms with E-state index in [1.807, 2.05) is 0 Å². The van der Waals surface area contributed by atoms with E-state index in [2.05, 4.69) is 67.2 Å². The van der Waals surface area contributed by atoms with Crippen molar-refractivity contribution in [2.24, 2.45) is 14.1 Å². The number of esters is 4. The molecule has 0 aliphatic carbocycles. The molecule has 5 heterocycles. The summed E-state index contributed by atoms with van der Waals surface area (Å²) in [7, 11) is 3.73. The summed E-state index contributed by atoms with van der Waals surface area (Å²) in [6, 6.07) is 8.54. The zero-order valence-corrected chi connectivity index (χ0v) is 62.7. The number of aromatic nitrogens is 2. The maximum atomic E-state index is 14.7. The highest BCUT2D eigenvalue weighted by Crippen LogP contribution is 2.43. The number of nitrogens with zero attached hydrogens (tertiary/aromatic N) is 4. The van der Waals surface area contributed by atoms with Crippen LogP contribution in [0.4, 0.5) is 26.7 Å². The van der Waals surface area contributed by atoms with E-state index in [-0.39, 0.29) is 115 Å². The number of aliphatic hydroxyl groups is 1. The molecule has 1 unspecified atom stereocenters. The predicted octanol–water partition coefficient (Wildman–Crippen LogP) is 6.08. The van der Waals surface area contributed by atoms with Gasteiger partial charge < -0.3 is 96.9 Å². The third-order valence-corrected chi connectivity index (χ3v) is 21.5. The molecule has 35 heteroatoms. The fraction of sp³-hybridized carbons (Fsp3) is 0.529. The molecule has 2 aromatic carbocycles. The highest BCUT2D eigenvalue weighted by Gasteiger charge is 2.56. The molecule has 0 spiro atoms. The summed E-state index contributed by atoms with van der Waals surface area (Å²) in [6.07, 6.45) is -8.92. The molecule has 0 bridgehead atoms. The highest BCUT2D eigenvalue weighted by atomic mass is 28.4. The van der Waals surface area contributed by atoms with Crippen molar-refractivity contribution in [3.8, 4) is 17.2 Å². The molecule has 105 heavy (non-hydrogen) atoms. The van der Waals surface area contributed by atoms with Crippen molar-refractivity contribution in [1.82, 2.24) is 30.1 Å². The van der Waals surface area contributed by atoms with Crippen LogP contribution in [-0.4, -0.2) is 209 Å². The maximum absolute atomic E-state index is 14.7. The van der Waals surface area contributed by atoms with Gasteiger partial charge in [0.15, 0.2) is 44.4 Å². The van der Waals surface area contributed by atoms with Gasteiger partial charge in [0.2, 0.25) is 18.3 Å². The fourth-order valence-corrected chi connectivity index (χ4v) is 12.1. The summed E-state index contributed by atoms with van der Waals surface area (Å²) in [6.45, 7) is 22.7. The zero-order valence-electron chi connectivity index (χ0n) is 61.7. The van der Waals surface area contributed by atoms with Crippen LogP contribution in [0.25, 0.3) is 0 Å². The van der Waals surface area contributed by atoms with Crippen LogP contribution in [0.2, 0.25) is 18.1 Å². The number of aliphatic hydroxyl groups excluding tert-OH is 1. The lowest BCUT2D eigenvalue weighted by Gasteiger charge is -2.43. The molecule has 7 atom stereocenters. The molecular formula is C70H95N9O25Si. The summed E-state index contributed by atoms with van der Waals surface area (Å²) in [5.74, 6) is -6.97. The van der Waals surface area contributed by atoms with Crippen LogP contribution in [0.1, 0.15) is 135 Å². The van der Waals surface area contributed by atoms with E-state index < -0.39 is 123 Å². The van der Waals surface area contributed by atoms with E-state index in [0.29, 0.717) is 42.2 Å². The van der Waals surface area contributed by atoms with E-state index >= 15 is 0 Å². The maximum Gasteiger partial charge on any atom is 0.431 e. The smallest absolute Gasteiger partial charge is 0.431 e. The van der Waals surface area contributed by atoms with Crippen molar-refractivity contribution in [2.75, 3.05) is 82.4 Å². The van der Waals surface area contributed by atoms with Gasteiger partial charge in [0.25, 0.3) is 23.6 Å². The van der Waals surface area contributed by atoms with Crippen molar-refractivity contribution < 1.29 is 119 Å². The van der Waals surface area contributed by atoms with Gasteiger partial charge in [-0.25, -0.2) is 19.3 Å². The molecular weight excluding hydrogens is 1390 g/mol. The van der Waals surface area contributed by atoms with Gasteiger partial charge >= 0.3 is 36.1 Å². The fourth-order valence-electron chi connectivity index (χ4n) is 11.0. The van der Waals surface area contributed by atoms with E-state index in [0.717, 1.165) is 32.8 Å². The largest absolute Gasteiger partial charge is 0.493 e. The van der Waals surface area contributed by atoms with Crippen molar-refractivity contribution in [2.45, 2.75) is 161 Å². The van der Waals surface area contributed by atoms with Crippen LogP contribution in [0.15, 0.2) is 67.0 Å². The molecule has 3 aliphatic heterocycles. The number of hydroxylamine groups is 1. The predicted molar refractivity (Wildman–Crippen MR) is 375 cm³/mol. The normalized spacial score (nSPS) is 18.6. The number of rotatable bonds is 31. The Balaban J connectivity index is 1.05. The minimum absolute atomic E-state index is 0.00506. The van der Waals surface area contributed by atoms with Crippen LogP contribution >= 0.6 is 0 Å². The van der Waals surface area contributed by atoms with Crippen LogP contribution in [0.5, 0.6) is 17.2 Å². The zero-order chi connectivity index (χ0) is 77.4. The van der Waals surface area contributed by atoms with Crippen molar-refractivity contribution in [3.05, 3.63) is 95.1 Å². The number of anilines is 3. The Morgan fingerprint density at radius 1 is 0.714 bits per heavy atom. The van der Waals surface area contributed by atoms with Gasteiger partial charge in [0.1, 0.15) is 29.3 Å². The number of ether oxygens (including phenoxy) is 11. The van der Waals surface area contributed by atoms with E-state index in [9.17, 15) is 57.8 Å². The number of nitrogens with one attached hydrogen (secondary N) is 5. The molecule has 0 saturated carbocycles. The molecule has 574 valence electrons. The number of fused-ring (bicyclic) bond motifs is 2. The van der Waals surface area contributed by atoms with Gasteiger partial charge in [-0.2, -0.15) is 5.48 Å². The lowest BCUT2D eigenvalue weighted by atomic mass is 9.97. The Kier molecular flexibility index (Phi) is 28.3. The molecule has 34 nitrogen and oxygen atoms in total. The van der Waals surface area contributed by atoms with Gasteiger partial charge in [-0.05, 0) is 94.1 Å². The van der Waals surface area contributed by atoms with Crippen LogP contribution in [-0.2, 0) is 91.8 Å². The standard InChI is InChI=1S/C70H95N9O25Si/c1-39-29-51-64(88)79(68(91)96-38-43-20-21-52(47(30-43)60(84)72-23-26-94-27-28-97-75-67(90)104-69(5,6)7)102-66-59(101-42(4)82)57(100-41(3)81)56(99-40(2)80)58(103-66)65(89)93-14)48-34-54(53(92-13)33-46(48)63(87)78(51)35-39)95-24-17-19-55(83)73-44-31-50(77(12)36-44)62(86)74-45-32-49(76(11)37-45)61(85)71-22-18-25-98-105(15,16)70(8,9)10/h20-21,30-34,36-37,51,56-59,64,66,88H,1,17-19,22-29,35,38H2,2-16H3,(H,71,85)(H,72,84)(H,73,83)(H,74,86)(H,75,90)/t51-,56-,57-,58-,59+,64?,66+/m0/s1. The lowest BCUT2D eigenvalue weighted by Crippen LogP contribution is -2.64. The molecule has 4 aromatic rings. The first-order valence-corrected chi connectivity index (χ1v) is 36.6. The second kappa shape index (κ2) is 36.1.